The van der Waals surface area contributed by atoms with Gasteiger partial charge in [0, 0.05) is 18.5 Å². The molecule has 3 atom stereocenters. The topological polar surface area (TPSA) is 110 Å². The van der Waals surface area contributed by atoms with E-state index in [1.54, 1.807) is 40.1 Å². The second kappa shape index (κ2) is 18.6. The van der Waals surface area contributed by atoms with Gasteiger partial charge in [-0.1, -0.05) is 154 Å². The molecule has 0 radical (unpaired) electrons. The Kier molecular flexibility index (Phi) is 13.3. The molecule has 2 heterocycles. The first-order chi connectivity index (χ1) is 29.7. The fraction of sp³-hybridized carbons (Fsp3) is 0.314. The van der Waals surface area contributed by atoms with Gasteiger partial charge in [0.05, 0.1) is 13.7 Å². The molecule has 1 N–H and O–H groups in total. The molecule has 1 aliphatic heterocycles. The van der Waals surface area contributed by atoms with Crippen LogP contribution in [0.4, 0.5) is 10.6 Å². The van der Waals surface area contributed by atoms with Gasteiger partial charge in [-0.05, 0) is 71.8 Å². The van der Waals surface area contributed by atoms with Crippen LogP contribution in [0, 0.1) is 5.92 Å². The Balaban J connectivity index is 1.48. The van der Waals surface area contributed by atoms with Gasteiger partial charge in [0.15, 0.2) is 9.76 Å². The van der Waals surface area contributed by atoms with Crippen LogP contribution in [-0.2, 0) is 36.4 Å². The van der Waals surface area contributed by atoms with E-state index in [0.29, 0.717) is 6.42 Å². The van der Waals surface area contributed by atoms with Crippen molar-refractivity contribution < 1.29 is 28.2 Å². The van der Waals surface area contributed by atoms with E-state index in [4.69, 9.17) is 23.4 Å². The minimum atomic E-state index is -1.31. The highest BCUT2D eigenvalue weighted by atomic mass is 28.2. The molecule has 5 aromatic carbocycles. The van der Waals surface area contributed by atoms with Gasteiger partial charge < -0.3 is 23.4 Å². The zero-order valence-corrected chi connectivity index (χ0v) is 38.0. The summed E-state index contributed by atoms with van der Waals surface area (Å²) in [6.45, 7) is 12.2. The Bertz CT molecular complexity index is 2360. The quantitative estimate of drug-likeness (QED) is 0.108. The van der Waals surface area contributed by atoms with Crippen molar-refractivity contribution >= 4 is 21.7 Å². The van der Waals surface area contributed by atoms with Crippen molar-refractivity contribution in [2.45, 2.75) is 88.7 Å². The second-order valence-corrected chi connectivity index (χ2v) is 20.6. The Morgan fingerprint density at radius 3 is 1.68 bits per heavy atom. The molecule has 0 aliphatic carbocycles. The highest BCUT2D eigenvalue weighted by Gasteiger charge is 2.61. The molecule has 10 nitrogen and oxygen atoms in total. The van der Waals surface area contributed by atoms with Crippen LogP contribution in [0.25, 0.3) is 0 Å². The van der Waals surface area contributed by atoms with Crippen molar-refractivity contribution in [1.82, 2.24) is 9.55 Å². The summed E-state index contributed by atoms with van der Waals surface area (Å²) in [7, 11) is 0.343. The Labute approximate surface area is 367 Å². The minimum absolute atomic E-state index is 0.0692. The van der Waals surface area contributed by atoms with E-state index < -0.39 is 56.6 Å². The van der Waals surface area contributed by atoms with Crippen LogP contribution in [0.3, 0.4) is 0 Å². The fourth-order valence-corrected chi connectivity index (χ4v) is 9.47. The summed E-state index contributed by atoms with van der Waals surface area (Å²) in [4.78, 5) is 31.2. The van der Waals surface area contributed by atoms with Gasteiger partial charge in [-0.25, -0.2) is 9.59 Å². The van der Waals surface area contributed by atoms with E-state index in [1.165, 1.54) is 4.57 Å². The van der Waals surface area contributed by atoms with Gasteiger partial charge in [-0.3, -0.25) is 9.88 Å². The number of carbonyl (C=O) groups is 1. The first-order valence-corrected chi connectivity index (χ1v) is 22.4. The second-order valence-electron chi connectivity index (χ2n) is 17.9. The molecule has 62 heavy (non-hydrogen) atoms. The number of benzene rings is 5. The van der Waals surface area contributed by atoms with E-state index in [0.717, 1.165) is 33.6 Å². The number of amides is 1. The van der Waals surface area contributed by atoms with E-state index in [-0.39, 0.29) is 17.5 Å². The number of aromatic nitrogens is 2. The molecular formula is C51H57N3O7Si. The van der Waals surface area contributed by atoms with Gasteiger partial charge in [-0.15, -0.1) is 0 Å². The van der Waals surface area contributed by atoms with Gasteiger partial charge in [0.1, 0.15) is 40.7 Å². The standard InChI is InChI=1S/C51H57N3O7Si/c1-48(2,3)60-47(56)53-43-32-33-54(46(55)52-43)44-34-42(45(59-44)51(61-62-49(4,5)6,39-24-16-10-17-25-39)40-26-18-11-19-27-40)50(37-20-12-8-13-21-37,38-22-14-9-15-23-38)58-35-36-28-30-41(57-7)31-29-36/h8-33,42,44-45H,34-35,62H2,1-7H3,(H,52,53,55,56). The zero-order chi connectivity index (χ0) is 44.0. The van der Waals surface area contributed by atoms with Gasteiger partial charge in [0.25, 0.3) is 0 Å². The lowest BCUT2D eigenvalue weighted by Gasteiger charge is -2.49. The lowest BCUT2D eigenvalue weighted by molar-refractivity contribution is -0.145. The van der Waals surface area contributed by atoms with E-state index >= 15 is 0 Å². The molecule has 1 saturated heterocycles. The Morgan fingerprint density at radius 1 is 0.726 bits per heavy atom. The number of methoxy groups -OCH3 is 1. The Morgan fingerprint density at radius 2 is 1.23 bits per heavy atom. The van der Waals surface area contributed by atoms with Gasteiger partial charge in [0.2, 0.25) is 0 Å². The molecule has 1 amide bonds. The zero-order valence-electron chi connectivity index (χ0n) is 36.6. The maximum absolute atomic E-state index is 14.2. The molecule has 7 rings (SSSR count). The molecule has 3 unspecified atom stereocenters. The summed E-state index contributed by atoms with van der Waals surface area (Å²) in [6, 6.07) is 50.6. The molecule has 1 aromatic heterocycles. The maximum Gasteiger partial charge on any atom is 0.413 e. The summed E-state index contributed by atoms with van der Waals surface area (Å²) in [5.41, 5.74) is 0.972. The normalized spacial score (nSPS) is 17.2. The first kappa shape index (κ1) is 44.2. The number of nitrogens with zero attached hydrogens (tertiary/aromatic N) is 2. The smallest absolute Gasteiger partial charge is 0.413 e. The molecule has 6 aromatic rings. The van der Waals surface area contributed by atoms with Crippen LogP contribution in [0.15, 0.2) is 163 Å². The van der Waals surface area contributed by atoms with E-state index in [9.17, 15) is 9.59 Å². The van der Waals surface area contributed by atoms with Crippen molar-refractivity contribution in [3.63, 3.8) is 0 Å². The van der Waals surface area contributed by atoms with Gasteiger partial charge >= 0.3 is 11.8 Å². The monoisotopic (exact) mass is 851 g/mol. The summed E-state index contributed by atoms with van der Waals surface area (Å²) < 4.78 is 35.2. The molecule has 1 fully saturated rings. The average Bonchev–Trinajstić information content (AvgIpc) is 3.70. The first-order valence-electron chi connectivity index (χ1n) is 21.1. The number of hydrogen-bond acceptors (Lipinski definition) is 8. The van der Waals surface area contributed by atoms with E-state index in [2.05, 4.69) is 79.6 Å². The van der Waals surface area contributed by atoms with Gasteiger partial charge in [-0.2, -0.15) is 4.98 Å². The molecule has 11 heteroatoms. The molecule has 1 aliphatic rings. The maximum atomic E-state index is 14.2. The minimum Gasteiger partial charge on any atom is -0.497 e. The van der Waals surface area contributed by atoms with Crippen LogP contribution in [0.2, 0.25) is 5.04 Å². The molecular weight excluding hydrogens is 795 g/mol. The number of nitrogens with one attached hydrogen (secondary N) is 1. The number of carbonyl (C=O) groups excluding carboxylic acids is 1. The molecule has 0 spiro atoms. The summed E-state index contributed by atoms with van der Waals surface area (Å²) in [5, 5.41) is 2.50. The van der Waals surface area contributed by atoms with Crippen LogP contribution >= 0.6 is 0 Å². The summed E-state index contributed by atoms with van der Waals surface area (Å²) in [6.07, 6.45) is -0.355. The number of ether oxygens (including phenoxy) is 4. The number of hydrogen-bond donors (Lipinski definition) is 1. The van der Waals surface area contributed by atoms with Crippen molar-refractivity contribution in [2.24, 2.45) is 5.92 Å². The van der Waals surface area contributed by atoms with Crippen LogP contribution in [-0.4, -0.2) is 44.2 Å². The largest absolute Gasteiger partial charge is 0.497 e. The number of rotatable bonds is 14. The Hall–Kier alpha value is -5.85. The van der Waals surface area contributed by atoms with Crippen molar-refractivity contribution in [3.05, 3.63) is 196 Å². The van der Waals surface area contributed by atoms with Crippen LogP contribution < -0.4 is 15.7 Å². The average molecular weight is 852 g/mol. The SMILES string of the molecule is COc1ccc(COC(c2ccccc2)(c2ccccc2)C2CC(n3ccc(NC(=O)OC(C)(C)C)nc3=O)OC2C(O[SiH2]C(C)(C)C)(c2ccccc2)c2ccccc2)cc1. The predicted molar refractivity (Wildman–Crippen MR) is 245 cm³/mol. The van der Waals surface area contributed by atoms with Crippen LogP contribution in [0.5, 0.6) is 5.75 Å². The van der Waals surface area contributed by atoms with Crippen molar-refractivity contribution in [1.29, 1.82) is 0 Å². The summed E-state index contributed by atoms with van der Waals surface area (Å²) in [5.74, 6) is 0.316. The highest BCUT2D eigenvalue weighted by Crippen LogP contribution is 2.57. The number of anilines is 1. The van der Waals surface area contributed by atoms with Crippen molar-refractivity contribution in [2.75, 3.05) is 12.4 Å². The third-order valence-corrected chi connectivity index (χ3v) is 12.5. The van der Waals surface area contributed by atoms with E-state index in [1.807, 2.05) is 97.1 Å². The highest BCUT2D eigenvalue weighted by molar-refractivity contribution is 6.32. The third-order valence-electron chi connectivity index (χ3n) is 11.0. The molecule has 0 bridgehead atoms. The third kappa shape index (κ3) is 9.77. The predicted octanol–water partition coefficient (Wildman–Crippen LogP) is 9.93. The van der Waals surface area contributed by atoms with Crippen LogP contribution in [0.1, 0.15) is 82.0 Å². The fourth-order valence-electron chi connectivity index (χ4n) is 8.31. The molecule has 0 saturated carbocycles. The van der Waals surface area contributed by atoms with Crippen molar-refractivity contribution in [3.8, 4) is 5.75 Å². The molecule has 322 valence electrons. The lowest BCUT2D eigenvalue weighted by atomic mass is 9.66. The lowest BCUT2D eigenvalue weighted by Crippen LogP contribution is -2.54. The summed E-state index contributed by atoms with van der Waals surface area (Å²) >= 11 is 0.